The Morgan fingerprint density at radius 1 is 0.884 bits per heavy atom. The molecule has 0 aliphatic heterocycles. The van der Waals surface area contributed by atoms with E-state index < -0.39 is 70.8 Å². The van der Waals surface area contributed by atoms with E-state index in [1.807, 2.05) is 0 Å². The lowest BCUT2D eigenvalue weighted by atomic mass is 9.96. The van der Waals surface area contributed by atoms with Crippen LogP contribution >= 0.6 is 0 Å². The van der Waals surface area contributed by atoms with Crippen LogP contribution in [-0.4, -0.2) is 64.6 Å². The van der Waals surface area contributed by atoms with Crippen LogP contribution in [-0.2, 0) is 35.1 Å². The van der Waals surface area contributed by atoms with Crippen LogP contribution in [0, 0.1) is 11.3 Å². The molecule has 4 amide bonds. The highest BCUT2D eigenvalue weighted by atomic mass is 16.6. The van der Waals surface area contributed by atoms with Crippen molar-refractivity contribution in [2.45, 2.75) is 105 Å². The van der Waals surface area contributed by atoms with Crippen LogP contribution in [0.1, 0.15) is 80.2 Å². The monoisotopic (exact) mass is 606 g/mol. The van der Waals surface area contributed by atoms with Gasteiger partial charge in [0.2, 0.25) is 17.7 Å². The van der Waals surface area contributed by atoms with Gasteiger partial charge in [0.1, 0.15) is 29.5 Å². The quantitative estimate of drug-likeness (QED) is 0.156. The summed E-state index contributed by atoms with van der Waals surface area (Å²) in [7, 11) is 0. The fraction of sp³-hybridized carbons (Fsp3) is 0.600. The zero-order valence-corrected chi connectivity index (χ0v) is 26.2. The maximum atomic E-state index is 13.5. The highest BCUT2D eigenvalue weighted by Crippen LogP contribution is 2.20. The van der Waals surface area contributed by atoms with Crippen molar-refractivity contribution in [3.8, 4) is 5.75 Å². The Balaban J connectivity index is 3.22. The van der Waals surface area contributed by atoms with Gasteiger partial charge in [0.05, 0.1) is 5.41 Å². The smallest absolute Gasteiger partial charge is 0.408 e. The third kappa shape index (κ3) is 13.6. The number of hydrogen-bond donors (Lipinski definition) is 5. The van der Waals surface area contributed by atoms with Gasteiger partial charge in [-0.25, -0.2) is 9.59 Å². The molecule has 0 spiro atoms. The van der Waals surface area contributed by atoms with E-state index in [9.17, 15) is 33.9 Å². The highest BCUT2D eigenvalue weighted by Gasteiger charge is 2.33. The highest BCUT2D eigenvalue weighted by molar-refractivity contribution is 5.93. The lowest BCUT2D eigenvalue weighted by Gasteiger charge is -2.28. The molecule has 43 heavy (non-hydrogen) atoms. The number of carbonyl (C=O) groups is 6. The average Bonchev–Trinajstić information content (AvgIpc) is 2.87. The SMILES string of the molecule is CCC(C)C(NC(=O)C(Cc1ccc(OC(=O)C(C)(C)C)cc1)NC(=O)OC(C)(C)C)C(=O)NC(CCC(N)=O)C(=O)O. The molecular formula is C30H46N4O9. The Kier molecular flexibility index (Phi) is 13.6. The molecule has 1 aromatic carbocycles. The van der Waals surface area contributed by atoms with Crippen molar-refractivity contribution in [2.75, 3.05) is 0 Å². The van der Waals surface area contributed by atoms with E-state index in [1.54, 1.807) is 79.7 Å². The summed E-state index contributed by atoms with van der Waals surface area (Å²) in [5.74, 6) is -4.08. The molecule has 0 saturated heterocycles. The lowest BCUT2D eigenvalue weighted by molar-refractivity contribution is -0.143. The number of carbonyl (C=O) groups excluding carboxylic acids is 5. The summed E-state index contributed by atoms with van der Waals surface area (Å²) in [6.07, 6.45) is -0.889. The summed E-state index contributed by atoms with van der Waals surface area (Å²) >= 11 is 0. The summed E-state index contributed by atoms with van der Waals surface area (Å²) in [5, 5.41) is 17.1. The Hall–Kier alpha value is -4.16. The number of carboxylic acid groups (broad SMARTS) is 1. The topological polar surface area (TPSA) is 203 Å². The number of rotatable bonds is 14. The predicted octanol–water partition coefficient (Wildman–Crippen LogP) is 2.44. The third-order valence-corrected chi connectivity index (χ3v) is 6.28. The first-order valence-electron chi connectivity index (χ1n) is 14.2. The maximum absolute atomic E-state index is 13.5. The molecule has 6 N–H and O–H groups in total. The molecule has 240 valence electrons. The van der Waals surface area contributed by atoms with Gasteiger partial charge >= 0.3 is 18.0 Å². The average molecular weight is 607 g/mol. The van der Waals surface area contributed by atoms with Crippen molar-refractivity contribution in [2.24, 2.45) is 17.1 Å². The standard InChI is InChI=1S/C30H46N4O9/c1-9-17(2)23(25(37)32-20(26(38)39)14-15-22(31)35)34-24(36)21(33-28(41)43-30(6,7)8)16-18-10-12-19(13-11-18)42-27(40)29(3,4)5/h10-13,17,20-21,23H,9,14-16H2,1-8H3,(H2,31,35)(H,32,37)(H,33,41)(H,34,36)(H,38,39). The van der Waals surface area contributed by atoms with E-state index >= 15 is 0 Å². The van der Waals surface area contributed by atoms with Gasteiger partial charge in [0.25, 0.3) is 0 Å². The molecule has 1 aromatic rings. The first-order chi connectivity index (χ1) is 19.7. The lowest BCUT2D eigenvalue weighted by Crippen LogP contribution is -2.58. The molecule has 4 atom stereocenters. The molecule has 0 bridgehead atoms. The van der Waals surface area contributed by atoms with Crippen LogP contribution in [0.25, 0.3) is 0 Å². The van der Waals surface area contributed by atoms with Crippen molar-refractivity contribution in [3.05, 3.63) is 29.8 Å². The van der Waals surface area contributed by atoms with E-state index in [0.717, 1.165) is 0 Å². The van der Waals surface area contributed by atoms with Gasteiger partial charge in [-0.2, -0.15) is 0 Å². The van der Waals surface area contributed by atoms with Gasteiger partial charge in [-0.15, -0.1) is 0 Å². The fourth-order valence-electron chi connectivity index (χ4n) is 3.61. The number of benzene rings is 1. The van der Waals surface area contributed by atoms with Gasteiger partial charge in [-0.1, -0.05) is 32.4 Å². The van der Waals surface area contributed by atoms with Gasteiger partial charge in [-0.05, 0) is 71.6 Å². The first kappa shape index (κ1) is 36.9. The minimum atomic E-state index is -1.40. The molecule has 0 aliphatic carbocycles. The predicted molar refractivity (Wildman–Crippen MR) is 158 cm³/mol. The van der Waals surface area contributed by atoms with Crippen LogP contribution in [0.15, 0.2) is 24.3 Å². The molecule has 0 saturated carbocycles. The molecule has 4 unspecified atom stereocenters. The zero-order chi connectivity index (χ0) is 33.1. The molecule has 0 aromatic heterocycles. The number of carboxylic acids is 1. The summed E-state index contributed by atoms with van der Waals surface area (Å²) in [6.45, 7) is 13.7. The third-order valence-electron chi connectivity index (χ3n) is 6.28. The number of nitrogens with one attached hydrogen (secondary N) is 3. The molecule has 0 fully saturated rings. The second kappa shape index (κ2) is 15.9. The van der Waals surface area contributed by atoms with Crippen LogP contribution in [0.5, 0.6) is 5.75 Å². The van der Waals surface area contributed by atoms with E-state index in [1.165, 1.54) is 0 Å². The normalized spacial score (nSPS) is 14.3. The number of ether oxygens (including phenoxy) is 2. The molecule has 0 aliphatic rings. The number of esters is 1. The van der Waals surface area contributed by atoms with E-state index in [4.69, 9.17) is 15.2 Å². The van der Waals surface area contributed by atoms with Gasteiger partial charge in [-0.3, -0.25) is 19.2 Å². The van der Waals surface area contributed by atoms with E-state index in [-0.39, 0.29) is 19.3 Å². The Bertz CT molecular complexity index is 1150. The maximum Gasteiger partial charge on any atom is 0.408 e. The Morgan fingerprint density at radius 3 is 1.93 bits per heavy atom. The fourth-order valence-corrected chi connectivity index (χ4v) is 3.61. The Morgan fingerprint density at radius 2 is 1.47 bits per heavy atom. The largest absolute Gasteiger partial charge is 0.480 e. The number of amides is 4. The molecule has 0 heterocycles. The zero-order valence-electron chi connectivity index (χ0n) is 26.2. The van der Waals surface area contributed by atoms with E-state index in [2.05, 4.69) is 16.0 Å². The van der Waals surface area contributed by atoms with Crippen LogP contribution in [0.3, 0.4) is 0 Å². The molecule has 13 heteroatoms. The van der Waals surface area contributed by atoms with Gasteiger partial charge in [0.15, 0.2) is 0 Å². The van der Waals surface area contributed by atoms with Gasteiger partial charge < -0.3 is 36.3 Å². The first-order valence-corrected chi connectivity index (χ1v) is 14.2. The number of aliphatic carboxylic acids is 1. The van der Waals surface area contributed by atoms with Crippen LogP contribution in [0.4, 0.5) is 4.79 Å². The number of alkyl carbamates (subject to hydrolysis) is 1. The molecular weight excluding hydrogens is 560 g/mol. The second-order valence-electron chi connectivity index (χ2n) is 12.5. The Labute approximate surface area is 252 Å². The summed E-state index contributed by atoms with van der Waals surface area (Å²) in [5.41, 5.74) is 4.17. The van der Waals surface area contributed by atoms with Crippen molar-refractivity contribution in [3.63, 3.8) is 0 Å². The van der Waals surface area contributed by atoms with Crippen molar-refractivity contribution in [1.82, 2.24) is 16.0 Å². The second-order valence-corrected chi connectivity index (χ2v) is 12.5. The van der Waals surface area contributed by atoms with Crippen LogP contribution in [0.2, 0.25) is 0 Å². The number of nitrogens with two attached hydrogens (primary N) is 1. The van der Waals surface area contributed by atoms with Crippen LogP contribution < -0.4 is 26.4 Å². The molecule has 13 nitrogen and oxygen atoms in total. The number of hydrogen-bond acceptors (Lipinski definition) is 8. The van der Waals surface area contributed by atoms with Crippen molar-refractivity contribution < 1.29 is 43.3 Å². The van der Waals surface area contributed by atoms with Crippen molar-refractivity contribution >= 4 is 35.8 Å². The van der Waals surface area contributed by atoms with Gasteiger partial charge in [0, 0.05) is 12.8 Å². The minimum absolute atomic E-state index is 0.0101. The van der Waals surface area contributed by atoms with E-state index in [0.29, 0.717) is 17.7 Å². The van der Waals surface area contributed by atoms with Crippen molar-refractivity contribution in [1.29, 1.82) is 0 Å². The summed E-state index contributed by atoms with van der Waals surface area (Å²) in [4.78, 5) is 74.4. The molecule has 0 radical (unpaired) electrons. The molecule has 1 rings (SSSR count). The minimum Gasteiger partial charge on any atom is -0.480 e. The summed E-state index contributed by atoms with van der Waals surface area (Å²) in [6, 6.07) is 2.65. The number of primary amides is 1. The summed E-state index contributed by atoms with van der Waals surface area (Å²) < 4.78 is 10.7.